The molecule has 0 radical (unpaired) electrons. The van der Waals surface area contributed by atoms with Crippen molar-refractivity contribution in [3.63, 3.8) is 0 Å². The number of hydrogen-bond donors (Lipinski definition) is 1. The lowest BCUT2D eigenvalue weighted by Crippen LogP contribution is -2.15. The maximum Gasteiger partial charge on any atom is 0.123 e. The molecule has 2 nitrogen and oxygen atoms in total. The van der Waals surface area contributed by atoms with Gasteiger partial charge in [-0.15, -0.1) is 0 Å². The van der Waals surface area contributed by atoms with Crippen LogP contribution in [-0.2, 0) is 6.54 Å². The van der Waals surface area contributed by atoms with Crippen molar-refractivity contribution < 1.29 is 4.74 Å². The minimum absolute atomic E-state index is 0.887. The standard InChI is InChI=1S/C16H23NO/c1-13-7-8-16(18-2)15(11-13)12-17-10-9-14-5-3-4-6-14/h5,7-8,11,17H,3-4,6,9-10,12H2,1-2H3. The van der Waals surface area contributed by atoms with Crippen molar-refractivity contribution in [2.24, 2.45) is 0 Å². The van der Waals surface area contributed by atoms with E-state index in [9.17, 15) is 0 Å². The molecule has 0 atom stereocenters. The Morgan fingerprint density at radius 3 is 2.94 bits per heavy atom. The van der Waals surface area contributed by atoms with Gasteiger partial charge in [-0.3, -0.25) is 0 Å². The predicted molar refractivity (Wildman–Crippen MR) is 76.0 cm³/mol. The molecule has 0 amide bonds. The lowest BCUT2D eigenvalue weighted by Gasteiger charge is -2.11. The first-order valence-electron chi connectivity index (χ1n) is 6.82. The van der Waals surface area contributed by atoms with Crippen molar-refractivity contribution in [2.45, 2.75) is 39.2 Å². The molecule has 1 N–H and O–H groups in total. The van der Waals surface area contributed by atoms with Gasteiger partial charge in [0.05, 0.1) is 7.11 Å². The summed E-state index contributed by atoms with van der Waals surface area (Å²) in [6, 6.07) is 6.33. The van der Waals surface area contributed by atoms with E-state index in [2.05, 4.69) is 30.4 Å². The summed E-state index contributed by atoms with van der Waals surface area (Å²) >= 11 is 0. The van der Waals surface area contributed by atoms with Crippen LogP contribution in [0.3, 0.4) is 0 Å². The number of benzene rings is 1. The molecule has 18 heavy (non-hydrogen) atoms. The number of methoxy groups -OCH3 is 1. The Balaban J connectivity index is 1.80. The number of nitrogens with one attached hydrogen (secondary N) is 1. The van der Waals surface area contributed by atoms with Gasteiger partial charge in [0.15, 0.2) is 0 Å². The Morgan fingerprint density at radius 1 is 1.33 bits per heavy atom. The van der Waals surface area contributed by atoms with Crippen LogP contribution in [0.25, 0.3) is 0 Å². The molecule has 0 unspecified atom stereocenters. The van der Waals surface area contributed by atoms with Crippen LogP contribution in [0, 0.1) is 6.92 Å². The van der Waals surface area contributed by atoms with Crippen molar-refractivity contribution in [1.82, 2.24) is 5.32 Å². The Hall–Kier alpha value is -1.28. The molecule has 0 aromatic heterocycles. The summed E-state index contributed by atoms with van der Waals surface area (Å²) in [5, 5.41) is 3.51. The van der Waals surface area contributed by atoms with E-state index in [1.165, 1.54) is 36.8 Å². The maximum absolute atomic E-state index is 5.38. The lowest BCUT2D eigenvalue weighted by molar-refractivity contribution is 0.407. The molecule has 98 valence electrons. The zero-order valence-electron chi connectivity index (χ0n) is 11.5. The molecule has 2 rings (SSSR count). The molecule has 0 aliphatic heterocycles. The highest BCUT2D eigenvalue weighted by Crippen LogP contribution is 2.21. The monoisotopic (exact) mass is 245 g/mol. The van der Waals surface area contributed by atoms with Gasteiger partial charge in [0.1, 0.15) is 5.75 Å². The van der Waals surface area contributed by atoms with Crippen LogP contribution in [0.1, 0.15) is 36.8 Å². The molecule has 1 aromatic carbocycles. The summed E-state index contributed by atoms with van der Waals surface area (Å²) in [6.07, 6.45) is 7.51. The van der Waals surface area contributed by atoms with E-state index < -0.39 is 0 Å². The Morgan fingerprint density at radius 2 is 2.22 bits per heavy atom. The smallest absolute Gasteiger partial charge is 0.123 e. The first kappa shape index (κ1) is 13.2. The molecule has 1 aromatic rings. The molecular weight excluding hydrogens is 222 g/mol. The Kier molecular flexibility index (Phi) is 4.82. The fourth-order valence-electron chi connectivity index (χ4n) is 2.48. The van der Waals surface area contributed by atoms with Gasteiger partial charge >= 0.3 is 0 Å². The number of rotatable bonds is 6. The Labute approximate surface area is 110 Å². The molecule has 0 bridgehead atoms. The average molecular weight is 245 g/mol. The molecule has 0 spiro atoms. The zero-order chi connectivity index (χ0) is 12.8. The highest BCUT2D eigenvalue weighted by atomic mass is 16.5. The van der Waals surface area contributed by atoms with E-state index in [0.29, 0.717) is 0 Å². The van der Waals surface area contributed by atoms with Gasteiger partial charge in [-0.05, 0) is 45.2 Å². The normalized spacial score (nSPS) is 14.7. The van der Waals surface area contributed by atoms with Gasteiger partial charge in [-0.25, -0.2) is 0 Å². The first-order valence-corrected chi connectivity index (χ1v) is 6.82. The molecule has 1 aliphatic carbocycles. The fraction of sp³-hybridized carbons (Fsp3) is 0.500. The Bertz CT molecular complexity index is 423. The summed E-state index contributed by atoms with van der Waals surface area (Å²) < 4.78 is 5.38. The van der Waals surface area contributed by atoms with Crippen molar-refractivity contribution in [1.29, 1.82) is 0 Å². The van der Waals surface area contributed by atoms with Crippen LogP contribution in [0.5, 0.6) is 5.75 Å². The van der Waals surface area contributed by atoms with Crippen LogP contribution in [0.4, 0.5) is 0 Å². The second kappa shape index (κ2) is 6.60. The number of allylic oxidation sites excluding steroid dienone is 1. The molecule has 1 aliphatic rings. The van der Waals surface area contributed by atoms with Gasteiger partial charge < -0.3 is 10.1 Å². The minimum atomic E-state index is 0.887. The summed E-state index contributed by atoms with van der Waals surface area (Å²) in [5.74, 6) is 0.980. The third-order valence-corrected chi connectivity index (χ3v) is 3.51. The van der Waals surface area contributed by atoms with Crippen LogP contribution < -0.4 is 10.1 Å². The van der Waals surface area contributed by atoms with E-state index in [1.807, 2.05) is 6.07 Å². The number of aryl methyl sites for hydroxylation is 1. The third-order valence-electron chi connectivity index (χ3n) is 3.51. The van der Waals surface area contributed by atoms with Crippen LogP contribution in [0.15, 0.2) is 29.8 Å². The van der Waals surface area contributed by atoms with E-state index in [0.717, 1.165) is 18.8 Å². The molecule has 0 heterocycles. The highest BCUT2D eigenvalue weighted by molar-refractivity contribution is 5.36. The van der Waals surface area contributed by atoms with Gasteiger partial charge in [-0.1, -0.05) is 29.3 Å². The van der Waals surface area contributed by atoms with Gasteiger partial charge in [-0.2, -0.15) is 0 Å². The number of hydrogen-bond acceptors (Lipinski definition) is 2. The quantitative estimate of drug-likeness (QED) is 0.611. The van der Waals surface area contributed by atoms with E-state index in [-0.39, 0.29) is 0 Å². The van der Waals surface area contributed by atoms with Crippen molar-refractivity contribution in [3.8, 4) is 5.75 Å². The minimum Gasteiger partial charge on any atom is -0.496 e. The van der Waals surface area contributed by atoms with Crippen LogP contribution in [0.2, 0.25) is 0 Å². The van der Waals surface area contributed by atoms with Gasteiger partial charge in [0, 0.05) is 12.1 Å². The van der Waals surface area contributed by atoms with E-state index >= 15 is 0 Å². The van der Waals surface area contributed by atoms with Gasteiger partial charge in [0.2, 0.25) is 0 Å². The average Bonchev–Trinajstić information content (AvgIpc) is 2.88. The topological polar surface area (TPSA) is 21.3 Å². The SMILES string of the molecule is COc1ccc(C)cc1CNCCC1=CCCC1. The van der Waals surface area contributed by atoms with Crippen molar-refractivity contribution in [3.05, 3.63) is 41.0 Å². The zero-order valence-corrected chi connectivity index (χ0v) is 11.5. The lowest BCUT2D eigenvalue weighted by atomic mass is 10.1. The largest absolute Gasteiger partial charge is 0.496 e. The molecule has 2 heteroatoms. The maximum atomic E-state index is 5.38. The van der Waals surface area contributed by atoms with E-state index in [4.69, 9.17) is 4.74 Å². The van der Waals surface area contributed by atoms with Crippen molar-refractivity contribution >= 4 is 0 Å². The van der Waals surface area contributed by atoms with Crippen LogP contribution >= 0.6 is 0 Å². The summed E-state index contributed by atoms with van der Waals surface area (Å²) in [6.45, 7) is 4.06. The predicted octanol–water partition coefficient (Wildman–Crippen LogP) is 3.59. The van der Waals surface area contributed by atoms with Crippen LogP contribution in [-0.4, -0.2) is 13.7 Å². The summed E-state index contributed by atoms with van der Waals surface area (Å²) in [7, 11) is 1.73. The summed E-state index contributed by atoms with van der Waals surface area (Å²) in [5.41, 5.74) is 4.16. The second-order valence-electron chi connectivity index (χ2n) is 5.00. The van der Waals surface area contributed by atoms with Gasteiger partial charge in [0.25, 0.3) is 0 Å². The molecule has 0 saturated heterocycles. The molecule has 0 fully saturated rings. The first-order chi connectivity index (χ1) is 8.79. The highest BCUT2D eigenvalue weighted by Gasteiger charge is 2.05. The fourth-order valence-corrected chi connectivity index (χ4v) is 2.48. The molecule has 0 saturated carbocycles. The van der Waals surface area contributed by atoms with Crippen molar-refractivity contribution in [2.75, 3.05) is 13.7 Å². The number of ether oxygens (including phenoxy) is 1. The molecular formula is C16H23NO. The van der Waals surface area contributed by atoms with E-state index in [1.54, 1.807) is 12.7 Å². The summed E-state index contributed by atoms with van der Waals surface area (Å²) in [4.78, 5) is 0. The third kappa shape index (κ3) is 3.61. The second-order valence-corrected chi connectivity index (χ2v) is 5.00.